The molecule has 10 rings (SSSR count). The number of hydrogen-bond acceptors (Lipinski definition) is 4. The Balaban J connectivity index is 0.000000145. The predicted molar refractivity (Wildman–Crippen MR) is 179 cm³/mol. The molecule has 2 aromatic heterocycles. The van der Waals surface area contributed by atoms with Gasteiger partial charge in [-0.05, 0) is 142 Å². The molecule has 2 amide bonds. The number of nitrogens with one attached hydrogen (secondary N) is 2. The van der Waals surface area contributed by atoms with Crippen LogP contribution in [0, 0.1) is 46.3 Å². The number of carbonyl (C=O) groups is 2. The zero-order valence-electron chi connectivity index (χ0n) is 25.8. The first-order valence-corrected chi connectivity index (χ1v) is 17.9. The molecule has 8 bridgehead atoms. The van der Waals surface area contributed by atoms with Crippen LogP contribution < -0.4 is 10.6 Å². The van der Waals surface area contributed by atoms with Crippen LogP contribution in [0.2, 0.25) is 15.2 Å². The maximum absolute atomic E-state index is 12.6. The first-order chi connectivity index (χ1) is 21.6. The molecule has 2 aromatic rings. The van der Waals surface area contributed by atoms with Gasteiger partial charge < -0.3 is 10.6 Å². The smallest absolute Gasteiger partial charge is 0.252 e. The Bertz CT molecular complexity index is 1420. The van der Waals surface area contributed by atoms with Crippen molar-refractivity contribution in [1.82, 2.24) is 20.6 Å². The Hall–Kier alpha value is -2.15. The van der Waals surface area contributed by atoms with Gasteiger partial charge >= 0.3 is 0 Å². The van der Waals surface area contributed by atoms with Gasteiger partial charge in [-0.3, -0.25) is 14.6 Å². The van der Waals surface area contributed by atoms with Gasteiger partial charge in [0.1, 0.15) is 5.15 Å². The van der Waals surface area contributed by atoms with Crippen molar-refractivity contribution in [2.75, 3.05) is 13.1 Å². The quantitative estimate of drug-likeness (QED) is 0.289. The molecular weight excluding hydrogens is 627 g/mol. The highest BCUT2D eigenvalue weighted by Gasteiger charge is 2.52. The monoisotopic (exact) mass is 668 g/mol. The van der Waals surface area contributed by atoms with Crippen LogP contribution in [0.15, 0.2) is 31.1 Å². The number of rotatable bonds is 7. The number of carbonyl (C=O) groups excluding carboxylic acids is 2. The molecule has 8 saturated carbocycles. The second kappa shape index (κ2) is 12.5. The highest BCUT2D eigenvalue weighted by atomic mass is 35.5. The topological polar surface area (TPSA) is 84.0 Å². The lowest BCUT2D eigenvalue weighted by Crippen LogP contribution is -2.51. The maximum Gasteiger partial charge on any atom is 0.252 e. The summed E-state index contributed by atoms with van der Waals surface area (Å²) >= 11 is 18.1. The summed E-state index contributed by atoms with van der Waals surface area (Å²) in [6.45, 7) is 5.26. The van der Waals surface area contributed by atoms with Gasteiger partial charge in [-0.25, -0.2) is 4.98 Å². The van der Waals surface area contributed by atoms with Crippen molar-refractivity contribution in [3.05, 3.63) is 63.1 Å². The molecule has 2 N–H and O–H groups in total. The van der Waals surface area contributed by atoms with Crippen LogP contribution in [0.3, 0.4) is 0 Å². The molecule has 8 aliphatic rings. The molecule has 0 aliphatic heterocycles. The van der Waals surface area contributed by atoms with Gasteiger partial charge in [0.15, 0.2) is 0 Å². The van der Waals surface area contributed by atoms with Gasteiger partial charge in [-0.2, -0.15) is 0 Å². The van der Waals surface area contributed by atoms with Crippen LogP contribution >= 0.6 is 34.8 Å². The van der Waals surface area contributed by atoms with E-state index in [1.807, 2.05) is 0 Å². The molecular formula is C36H43Cl3N4O2. The largest absolute Gasteiger partial charge is 0.351 e. The molecule has 9 heteroatoms. The third-order valence-electron chi connectivity index (χ3n) is 12.0. The van der Waals surface area contributed by atoms with E-state index in [4.69, 9.17) is 34.8 Å². The van der Waals surface area contributed by atoms with Crippen molar-refractivity contribution in [3.8, 4) is 0 Å². The van der Waals surface area contributed by atoms with Crippen LogP contribution in [0.4, 0.5) is 0 Å². The fraction of sp³-hybridized carbons (Fsp3) is 0.611. The van der Waals surface area contributed by atoms with E-state index < -0.39 is 0 Å². The summed E-state index contributed by atoms with van der Waals surface area (Å²) in [7, 11) is 0. The lowest BCUT2D eigenvalue weighted by atomic mass is 9.49. The third kappa shape index (κ3) is 6.67. The molecule has 8 fully saturated rings. The second-order valence-electron chi connectivity index (χ2n) is 15.5. The van der Waals surface area contributed by atoms with Crippen LogP contribution in [-0.4, -0.2) is 34.9 Å². The Morgan fingerprint density at radius 2 is 1.07 bits per heavy atom. The summed E-state index contributed by atoms with van der Waals surface area (Å²) in [5.74, 6) is 5.15. The van der Waals surface area contributed by atoms with Crippen molar-refractivity contribution < 1.29 is 9.59 Å². The van der Waals surface area contributed by atoms with E-state index >= 15 is 0 Å². The van der Waals surface area contributed by atoms with Crippen molar-refractivity contribution in [3.63, 3.8) is 0 Å². The molecule has 45 heavy (non-hydrogen) atoms. The lowest BCUT2D eigenvalue weighted by Gasteiger charge is -2.56. The normalized spacial score (nSPS) is 35.0. The average molecular weight is 670 g/mol. The molecule has 0 saturated heterocycles. The molecule has 240 valence electrons. The van der Waals surface area contributed by atoms with Crippen molar-refractivity contribution in [2.24, 2.45) is 46.3 Å². The zero-order chi connectivity index (χ0) is 31.3. The Morgan fingerprint density at radius 1 is 0.689 bits per heavy atom. The van der Waals surface area contributed by atoms with Gasteiger partial charge in [-0.1, -0.05) is 41.4 Å². The summed E-state index contributed by atoms with van der Waals surface area (Å²) in [5.41, 5.74) is 2.26. The van der Waals surface area contributed by atoms with Gasteiger partial charge in [0, 0.05) is 25.5 Å². The Morgan fingerprint density at radius 3 is 1.47 bits per heavy atom. The SMILES string of the molecule is C=Cc1cc(C(=O)NCC23CC4CC(CC(C4)C2)C3)c(Cl)cn1.O=C(NCC12CC3CC(CC(C3)C1)C2)c1cc(Cl)ncc1Cl. The second-order valence-corrected chi connectivity index (χ2v) is 16.7. The summed E-state index contributed by atoms with van der Waals surface area (Å²) in [6, 6.07) is 3.25. The van der Waals surface area contributed by atoms with Gasteiger partial charge in [0.25, 0.3) is 11.8 Å². The summed E-state index contributed by atoms with van der Waals surface area (Å²) in [4.78, 5) is 33.0. The van der Waals surface area contributed by atoms with E-state index in [-0.39, 0.29) is 11.8 Å². The molecule has 0 unspecified atom stereocenters. The minimum absolute atomic E-state index is 0.0868. The summed E-state index contributed by atoms with van der Waals surface area (Å²) in [5, 5.41) is 7.33. The van der Waals surface area contributed by atoms with Crippen LogP contribution in [0.25, 0.3) is 6.08 Å². The molecule has 8 aliphatic carbocycles. The van der Waals surface area contributed by atoms with Gasteiger partial charge in [0.05, 0.1) is 26.9 Å². The number of aromatic nitrogens is 2. The van der Waals surface area contributed by atoms with E-state index in [2.05, 4.69) is 27.2 Å². The van der Waals surface area contributed by atoms with Gasteiger partial charge in [0.2, 0.25) is 0 Å². The van der Waals surface area contributed by atoms with Crippen molar-refractivity contribution >= 4 is 52.7 Å². The third-order valence-corrected chi connectivity index (χ3v) is 12.8. The lowest BCUT2D eigenvalue weighted by molar-refractivity contribution is -0.0504. The van der Waals surface area contributed by atoms with E-state index in [1.54, 1.807) is 18.2 Å². The highest BCUT2D eigenvalue weighted by molar-refractivity contribution is 6.35. The average Bonchev–Trinajstić information content (AvgIpc) is 2.99. The van der Waals surface area contributed by atoms with E-state index in [1.165, 1.54) is 89.4 Å². The van der Waals surface area contributed by atoms with E-state index in [0.29, 0.717) is 42.8 Å². The van der Waals surface area contributed by atoms with E-state index in [0.717, 1.165) is 48.6 Å². The molecule has 0 radical (unpaired) electrons. The maximum atomic E-state index is 12.6. The Labute approximate surface area is 281 Å². The fourth-order valence-electron chi connectivity index (χ4n) is 11.1. The first-order valence-electron chi connectivity index (χ1n) is 16.8. The zero-order valence-corrected chi connectivity index (χ0v) is 28.1. The van der Waals surface area contributed by atoms with Crippen LogP contribution in [0.1, 0.15) is 103 Å². The van der Waals surface area contributed by atoms with Gasteiger partial charge in [-0.15, -0.1) is 0 Å². The first kappa shape index (κ1) is 31.4. The fourth-order valence-corrected chi connectivity index (χ4v) is 11.6. The van der Waals surface area contributed by atoms with Crippen molar-refractivity contribution in [2.45, 2.75) is 77.0 Å². The molecule has 0 spiro atoms. The molecule has 0 atom stereocenters. The summed E-state index contributed by atoms with van der Waals surface area (Å²) in [6.07, 6.45) is 20.8. The standard InChI is InChI=1S/C19H23ClN2O.C17H20Cl2N2O/c1-2-15-6-16(17(20)10-21-15)18(23)22-11-19-7-12-3-13(8-19)5-14(4-12)9-19;18-14-8-20-15(19)4-13(14)16(22)21-9-17-5-10-1-11(6-17)3-12(2-10)7-17/h2,6,10,12-14H,1,3-5,7-9,11H2,(H,22,23);4,8,10-12H,1-3,5-7,9H2,(H,21,22). The number of hydrogen-bond donors (Lipinski definition) is 2. The minimum atomic E-state index is -0.134. The molecule has 2 heterocycles. The predicted octanol–water partition coefficient (Wildman–Crippen LogP) is 8.66. The van der Waals surface area contributed by atoms with Crippen molar-refractivity contribution in [1.29, 1.82) is 0 Å². The summed E-state index contributed by atoms with van der Waals surface area (Å²) < 4.78 is 0. The Kier molecular flexibility index (Phi) is 8.71. The molecule has 6 nitrogen and oxygen atoms in total. The number of halogens is 3. The minimum Gasteiger partial charge on any atom is -0.351 e. The van der Waals surface area contributed by atoms with E-state index in [9.17, 15) is 9.59 Å². The number of amides is 2. The van der Waals surface area contributed by atoms with Crippen LogP contribution in [-0.2, 0) is 0 Å². The molecule has 0 aromatic carbocycles. The highest BCUT2D eigenvalue weighted by Crippen LogP contribution is 2.60. The van der Waals surface area contributed by atoms with Crippen LogP contribution in [0.5, 0.6) is 0 Å². The number of pyridine rings is 2. The number of nitrogens with zero attached hydrogens (tertiary/aromatic N) is 2.